The van der Waals surface area contributed by atoms with Crippen LogP contribution in [0.25, 0.3) is 5.52 Å². The number of benzene rings is 1. The van der Waals surface area contributed by atoms with E-state index in [0.29, 0.717) is 11.2 Å². The van der Waals surface area contributed by atoms with Crippen LogP contribution in [-0.4, -0.2) is 44.1 Å². The van der Waals surface area contributed by atoms with Gasteiger partial charge in [0.2, 0.25) is 15.0 Å². The van der Waals surface area contributed by atoms with Crippen molar-refractivity contribution in [3.63, 3.8) is 0 Å². The molecule has 0 saturated carbocycles. The zero-order valence-electron chi connectivity index (χ0n) is 15.0. The molecule has 1 amide bonds. The molecule has 0 saturated heterocycles. The molecule has 2 heterocycles. The SMILES string of the molecule is Cc1cc(N(C)C)ccc1NC(=O)c1nc(S(C)(=O)=O)n2ccccc12. The average molecular weight is 372 g/mol. The van der Waals surface area contributed by atoms with Gasteiger partial charge in [-0.25, -0.2) is 13.4 Å². The molecule has 26 heavy (non-hydrogen) atoms. The second kappa shape index (κ2) is 6.45. The summed E-state index contributed by atoms with van der Waals surface area (Å²) in [5.41, 5.74) is 3.08. The molecular formula is C18H20N4O3S. The van der Waals surface area contributed by atoms with Crippen molar-refractivity contribution in [3.05, 3.63) is 53.9 Å². The molecule has 3 rings (SSSR count). The Kier molecular flexibility index (Phi) is 4.45. The van der Waals surface area contributed by atoms with Crippen molar-refractivity contribution in [1.82, 2.24) is 9.38 Å². The molecule has 0 radical (unpaired) electrons. The molecule has 8 heteroatoms. The van der Waals surface area contributed by atoms with E-state index in [4.69, 9.17) is 0 Å². The Balaban J connectivity index is 2.01. The highest BCUT2D eigenvalue weighted by Crippen LogP contribution is 2.23. The maximum absolute atomic E-state index is 12.7. The number of nitrogens with one attached hydrogen (secondary N) is 1. The second-order valence-electron chi connectivity index (χ2n) is 6.32. The number of sulfone groups is 1. The van der Waals surface area contributed by atoms with E-state index in [0.717, 1.165) is 17.5 Å². The number of imidazole rings is 1. The molecule has 0 bridgehead atoms. The molecule has 0 aliphatic rings. The van der Waals surface area contributed by atoms with Gasteiger partial charge in [-0.1, -0.05) is 6.07 Å². The molecule has 3 aromatic rings. The van der Waals surface area contributed by atoms with Crippen molar-refractivity contribution >= 4 is 32.6 Å². The summed E-state index contributed by atoms with van der Waals surface area (Å²) in [5.74, 6) is -0.454. The van der Waals surface area contributed by atoms with Crippen LogP contribution < -0.4 is 10.2 Å². The van der Waals surface area contributed by atoms with Gasteiger partial charge in [-0.2, -0.15) is 0 Å². The van der Waals surface area contributed by atoms with Crippen molar-refractivity contribution in [2.45, 2.75) is 12.1 Å². The van der Waals surface area contributed by atoms with Crippen LogP contribution in [0.5, 0.6) is 0 Å². The Hall–Kier alpha value is -2.87. The first-order chi connectivity index (χ1) is 12.2. The highest BCUT2D eigenvalue weighted by molar-refractivity contribution is 7.90. The van der Waals surface area contributed by atoms with E-state index < -0.39 is 15.7 Å². The number of rotatable bonds is 4. The molecule has 0 aliphatic heterocycles. The number of anilines is 2. The number of amides is 1. The van der Waals surface area contributed by atoms with Crippen molar-refractivity contribution in [1.29, 1.82) is 0 Å². The third-order valence-corrected chi connectivity index (χ3v) is 4.99. The molecule has 0 unspecified atom stereocenters. The summed E-state index contributed by atoms with van der Waals surface area (Å²) in [6, 6.07) is 10.8. The normalized spacial score (nSPS) is 11.5. The Morgan fingerprint density at radius 1 is 1.19 bits per heavy atom. The monoisotopic (exact) mass is 372 g/mol. The largest absolute Gasteiger partial charge is 0.378 e. The molecule has 2 aromatic heterocycles. The second-order valence-corrected chi connectivity index (χ2v) is 8.23. The number of hydrogen-bond acceptors (Lipinski definition) is 5. The molecule has 136 valence electrons. The fourth-order valence-electron chi connectivity index (χ4n) is 2.69. The van der Waals surface area contributed by atoms with Gasteiger partial charge in [0.15, 0.2) is 5.69 Å². The predicted molar refractivity (Wildman–Crippen MR) is 102 cm³/mol. The van der Waals surface area contributed by atoms with Gasteiger partial charge in [0.25, 0.3) is 5.91 Å². The first kappa shape index (κ1) is 17.9. The van der Waals surface area contributed by atoms with Crippen molar-refractivity contribution < 1.29 is 13.2 Å². The minimum Gasteiger partial charge on any atom is -0.378 e. The summed E-state index contributed by atoms with van der Waals surface area (Å²) in [7, 11) is 0.311. The summed E-state index contributed by atoms with van der Waals surface area (Å²) >= 11 is 0. The lowest BCUT2D eigenvalue weighted by atomic mass is 10.1. The molecule has 0 atom stereocenters. The minimum atomic E-state index is -3.57. The van der Waals surface area contributed by atoms with Gasteiger partial charge >= 0.3 is 0 Å². The molecule has 0 aliphatic carbocycles. The van der Waals surface area contributed by atoms with Crippen LogP contribution in [-0.2, 0) is 9.84 Å². The van der Waals surface area contributed by atoms with Crippen molar-refractivity contribution in [2.24, 2.45) is 0 Å². The molecule has 0 fully saturated rings. The number of pyridine rings is 1. The topological polar surface area (TPSA) is 83.8 Å². The van der Waals surface area contributed by atoms with E-state index in [-0.39, 0.29) is 10.9 Å². The quantitative estimate of drug-likeness (QED) is 0.760. The standard InChI is InChI=1S/C18H20N4O3S/c1-12-11-13(21(2)3)8-9-14(12)19-17(23)16-15-7-5-6-10-22(15)18(20-16)26(4,24)25/h5-11H,1-4H3,(H,19,23). The van der Waals surface area contributed by atoms with E-state index in [9.17, 15) is 13.2 Å². The Labute approximate surface area is 152 Å². The lowest BCUT2D eigenvalue weighted by Gasteiger charge is -2.15. The van der Waals surface area contributed by atoms with Crippen LogP contribution in [0.3, 0.4) is 0 Å². The van der Waals surface area contributed by atoms with Crippen molar-refractivity contribution in [2.75, 3.05) is 30.6 Å². The molecule has 0 spiro atoms. The predicted octanol–water partition coefficient (Wildman–Crippen LogP) is 2.36. The number of carbonyl (C=O) groups excluding carboxylic acids is 1. The highest BCUT2D eigenvalue weighted by Gasteiger charge is 2.23. The minimum absolute atomic E-state index is 0.0714. The number of carbonyl (C=O) groups is 1. The van der Waals surface area contributed by atoms with Gasteiger partial charge in [0.1, 0.15) is 0 Å². The van der Waals surface area contributed by atoms with Gasteiger partial charge in [-0.05, 0) is 42.8 Å². The maximum Gasteiger partial charge on any atom is 0.276 e. The Morgan fingerprint density at radius 2 is 1.92 bits per heavy atom. The van der Waals surface area contributed by atoms with E-state index in [1.54, 1.807) is 24.4 Å². The number of nitrogens with zero attached hydrogens (tertiary/aromatic N) is 3. The number of aromatic nitrogens is 2. The summed E-state index contributed by atoms with van der Waals surface area (Å²) in [6.07, 6.45) is 2.65. The third-order valence-electron chi connectivity index (χ3n) is 4.04. The summed E-state index contributed by atoms with van der Waals surface area (Å²) in [6.45, 7) is 1.90. The Morgan fingerprint density at radius 3 is 2.54 bits per heavy atom. The summed E-state index contributed by atoms with van der Waals surface area (Å²) < 4.78 is 25.4. The fraction of sp³-hybridized carbons (Fsp3) is 0.222. The van der Waals surface area contributed by atoms with E-state index in [1.807, 2.05) is 44.1 Å². The third kappa shape index (κ3) is 3.28. The lowest BCUT2D eigenvalue weighted by molar-refractivity contribution is 0.102. The Bertz CT molecular complexity index is 1100. The first-order valence-electron chi connectivity index (χ1n) is 7.95. The number of aryl methyl sites for hydroxylation is 1. The first-order valence-corrected chi connectivity index (χ1v) is 9.84. The zero-order chi connectivity index (χ0) is 19.1. The summed E-state index contributed by atoms with van der Waals surface area (Å²) in [4.78, 5) is 18.8. The van der Waals surface area contributed by atoms with Gasteiger partial charge in [0.05, 0.1) is 5.52 Å². The van der Waals surface area contributed by atoms with E-state index >= 15 is 0 Å². The van der Waals surface area contributed by atoms with Gasteiger partial charge in [-0.3, -0.25) is 9.20 Å². The lowest BCUT2D eigenvalue weighted by Crippen LogP contribution is -2.15. The van der Waals surface area contributed by atoms with Crippen LogP contribution in [0.2, 0.25) is 0 Å². The summed E-state index contributed by atoms with van der Waals surface area (Å²) in [5, 5.41) is 2.67. The number of fused-ring (bicyclic) bond motifs is 1. The van der Waals surface area contributed by atoms with Gasteiger partial charge in [0, 0.05) is 37.9 Å². The van der Waals surface area contributed by atoms with E-state index in [1.165, 1.54) is 4.40 Å². The van der Waals surface area contributed by atoms with Crippen LogP contribution in [0.15, 0.2) is 47.8 Å². The zero-order valence-corrected chi connectivity index (χ0v) is 15.8. The van der Waals surface area contributed by atoms with Crippen LogP contribution in [0.4, 0.5) is 11.4 Å². The smallest absolute Gasteiger partial charge is 0.276 e. The van der Waals surface area contributed by atoms with Crippen LogP contribution in [0, 0.1) is 6.92 Å². The molecule has 1 N–H and O–H groups in total. The van der Waals surface area contributed by atoms with Crippen LogP contribution in [0.1, 0.15) is 16.1 Å². The van der Waals surface area contributed by atoms with E-state index in [2.05, 4.69) is 10.3 Å². The highest BCUT2D eigenvalue weighted by atomic mass is 32.2. The molecular weight excluding hydrogens is 352 g/mol. The molecule has 1 aromatic carbocycles. The van der Waals surface area contributed by atoms with Gasteiger partial charge in [-0.15, -0.1) is 0 Å². The molecule has 7 nitrogen and oxygen atoms in total. The average Bonchev–Trinajstić information content (AvgIpc) is 2.96. The van der Waals surface area contributed by atoms with Crippen molar-refractivity contribution in [3.8, 4) is 0 Å². The fourth-order valence-corrected chi connectivity index (χ4v) is 3.46. The van der Waals surface area contributed by atoms with Crippen LogP contribution >= 0.6 is 0 Å². The number of hydrogen-bond donors (Lipinski definition) is 1. The van der Waals surface area contributed by atoms with Gasteiger partial charge < -0.3 is 10.2 Å². The maximum atomic E-state index is 12.7.